The first-order chi connectivity index (χ1) is 11.2. The van der Waals surface area contributed by atoms with Gasteiger partial charge in [-0.05, 0) is 39.8 Å². The minimum atomic E-state index is -2.17. The third kappa shape index (κ3) is 3.35. The largest absolute Gasteiger partial charge is 0.631 e. The van der Waals surface area contributed by atoms with Crippen molar-refractivity contribution in [3.05, 3.63) is 83.9 Å². The SMILES string of the molecule is OB(O)O.c1ccc(-c2cccc3c2Cc2ccccc2-3)cc1. The van der Waals surface area contributed by atoms with Crippen LogP contribution < -0.4 is 0 Å². The van der Waals surface area contributed by atoms with Crippen molar-refractivity contribution in [1.82, 2.24) is 0 Å². The van der Waals surface area contributed by atoms with Gasteiger partial charge in [-0.25, -0.2) is 0 Å². The van der Waals surface area contributed by atoms with E-state index in [0.29, 0.717) is 0 Å². The molecule has 0 amide bonds. The summed E-state index contributed by atoms with van der Waals surface area (Å²) in [7, 11) is -2.17. The summed E-state index contributed by atoms with van der Waals surface area (Å²) in [6.07, 6.45) is 1.05. The molecular weight excluding hydrogens is 287 g/mol. The molecule has 0 bridgehead atoms. The first-order valence-electron chi connectivity index (χ1n) is 7.46. The fourth-order valence-corrected chi connectivity index (χ4v) is 3.05. The van der Waals surface area contributed by atoms with E-state index in [2.05, 4.69) is 72.8 Å². The van der Waals surface area contributed by atoms with E-state index in [1.165, 1.54) is 33.4 Å². The van der Waals surface area contributed by atoms with Crippen molar-refractivity contribution >= 4 is 7.32 Å². The van der Waals surface area contributed by atoms with Gasteiger partial charge in [0.25, 0.3) is 0 Å². The van der Waals surface area contributed by atoms with Crippen LogP contribution in [-0.4, -0.2) is 22.4 Å². The summed E-state index contributed by atoms with van der Waals surface area (Å²) in [4.78, 5) is 0. The molecule has 0 spiro atoms. The highest BCUT2D eigenvalue weighted by molar-refractivity contribution is 6.30. The van der Waals surface area contributed by atoms with Gasteiger partial charge in [0.15, 0.2) is 0 Å². The monoisotopic (exact) mass is 304 g/mol. The van der Waals surface area contributed by atoms with Gasteiger partial charge in [0.05, 0.1) is 0 Å². The normalized spacial score (nSPS) is 11.1. The predicted octanol–water partition coefficient (Wildman–Crippen LogP) is 2.87. The van der Waals surface area contributed by atoms with E-state index in [-0.39, 0.29) is 0 Å². The molecule has 4 heteroatoms. The van der Waals surface area contributed by atoms with E-state index in [1.807, 2.05) is 0 Å². The van der Waals surface area contributed by atoms with Crippen molar-refractivity contribution in [2.24, 2.45) is 0 Å². The van der Waals surface area contributed by atoms with Crippen LogP contribution in [0.5, 0.6) is 0 Å². The van der Waals surface area contributed by atoms with Crippen LogP contribution in [0, 0.1) is 0 Å². The van der Waals surface area contributed by atoms with Crippen molar-refractivity contribution in [1.29, 1.82) is 0 Å². The van der Waals surface area contributed by atoms with E-state index in [1.54, 1.807) is 0 Å². The van der Waals surface area contributed by atoms with Crippen LogP contribution in [-0.2, 0) is 6.42 Å². The number of benzene rings is 3. The fraction of sp³-hybridized carbons (Fsp3) is 0.0526. The third-order valence-corrected chi connectivity index (χ3v) is 3.94. The number of hydrogen-bond donors (Lipinski definition) is 3. The minimum absolute atomic E-state index is 1.05. The van der Waals surface area contributed by atoms with Crippen molar-refractivity contribution in [2.75, 3.05) is 0 Å². The molecule has 0 saturated heterocycles. The molecule has 0 unspecified atom stereocenters. The van der Waals surface area contributed by atoms with Crippen molar-refractivity contribution in [3.8, 4) is 22.3 Å². The lowest BCUT2D eigenvalue weighted by Gasteiger charge is -2.08. The standard InChI is InChI=1S/C19H14.BH3O3/c1-2-7-14(8-3-1)16-11-6-12-18-17-10-5-4-9-15(17)13-19(16)18;2-1(3)4/h1-12H,13H2;2-4H. The zero-order valence-electron chi connectivity index (χ0n) is 12.6. The van der Waals surface area contributed by atoms with E-state index in [0.717, 1.165) is 6.42 Å². The van der Waals surface area contributed by atoms with E-state index >= 15 is 0 Å². The maximum Gasteiger partial charge on any atom is 0.631 e. The molecular formula is C19H17BO3. The van der Waals surface area contributed by atoms with E-state index in [9.17, 15) is 0 Å². The van der Waals surface area contributed by atoms with Crippen LogP contribution >= 0.6 is 0 Å². The van der Waals surface area contributed by atoms with Gasteiger partial charge in [0.1, 0.15) is 0 Å². The van der Waals surface area contributed by atoms with Crippen molar-refractivity contribution in [2.45, 2.75) is 6.42 Å². The van der Waals surface area contributed by atoms with E-state index < -0.39 is 7.32 Å². The summed E-state index contributed by atoms with van der Waals surface area (Å²) in [5.74, 6) is 0. The van der Waals surface area contributed by atoms with Crippen molar-refractivity contribution in [3.63, 3.8) is 0 Å². The maximum absolute atomic E-state index is 7.17. The Morgan fingerprint density at radius 2 is 1.17 bits per heavy atom. The highest BCUT2D eigenvalue weighted by atomic mass is 16.5. The first kappa shape index (κ1) is 15.5. The van der Waals surface area contributed by atoms with Crippen LogP contribution in [0.25, 0.3) is 22.3 Å². The lowest BCUT2D eigenvalue weighted by molar-refractivity contribution is 0.278. The van der Waals surface area contributed by atoms with Crippen LogP contribution in [0.1, 0.15) is 11.1 Å². The van der Waals surface area contributed by atoms with Gasteiger partial charge in [-0.15, -0.1) is 0 Å². The molecule has 1 aliphatic rings. The van der Waals surface area contributed by atoms with Crippen LogP contribution in [0.2, 0.25) is 0 Å². The Kier molecular flexibility index (Phi) is 4.58. The van der Waals surface area contributed by atoms with Gasteiger partial charge in [-0.1, -0.05) is 72.8 Å². The number of fused-ring (bicyclic) bond motifs is 3. The van der Waals surface area contributed by atoms with Crippen LogP contribution in [0.4, 0.5) is 0 Å². The molecule has 1 aliphatic carbocycles. The van der Waals surface area contributed by atoms with E-state index in [4.69, 9.17) is 15.1 Å². The Labute approximate surface area is 135 Å². The van der Waals surface area contributed by atoms with Gasteiger partial charge in [0.2, 0.25) is 0 Å². The van der Waals surface area contributed by atoms with Gasteiger partial charge in [-0.3, -0.25) is 0 Å². The van der Waals surface area contributed by atoms with Crippen LogP contribution in [0.15, 0.2) is 72.8 Å². The van der Waals surface area contributed by atoms with Gasteiger partial charge >= 0.3 is 7.32 Å². The summed E-state index contributed by atoms with van der Waals surface area (Å²) in [5.41, 5.74) is 8.39. The molecule has 0 aromatic heterocycles. The number of hydrogen-bond acceptors (Lipinski definition) is 3. The lowest BCUT2D eigenvalue weighted by atomic mass is 9.96. The summed E-state index contributed by atoms with van der Waals surface area (Å²) >= 11 is 0. The topological polar surface area (TPSA) is 60.7 Å². The summed E-state index contributed by atoms with van der Waals surface area (Å²) in [6, 6.07) is 26.1. The zero-order chi connectivity index (χ0) is 16.2. The molecule has 3 aromatic carbocycles. The zero-order valence-corrected chi connectivity index (χ0v) is 12.6. The molecule has 114 valence electrons. The first-order valence-corrected chi connectivity index (χ1v) is 7.46. The molecule has 0 atom stereocenters. The molecule has 0 fully saturated rings. The average molecular weight is 304 g/mol. The molecule has 23 heavy (non-hydrogen) atoms. The molecule has 0 radical (unpaired) electrons. The Morgan fingerprint density at radius 3 is 1.91 bits per heavy atom. The Bertz CT molecular complexity index is 798. The smallest absolute Gasteiger partial charge is 0.402 e. The number of rotatable bonds is 1. The summed E-state index contributed by atoms with van der Waals surface area (Å²) in [6.45, 7) is 0. The lowest BCUT2D eigenvalue weighted by Crippen LogP contribution is -2.07. The quantitative estimate of drug-likeness (QED) is 0.474. The minimum Gasteiger partial charge on any atom is -0.402 e. The Hall–Kier alpha value is -2.40. The van der Waals surface area contributed by atoms with Gasteiger partial charge in [-0.2, -0.15) is 0 Å². The average Bonchev–Trinajstić information content (AvgIpc) is 2.94. The molecule has 0 aliphatic heterocycles. The third-order valence-electron chi connectivity index (χ3n) is 3.94. The molecule has 3 N–H and O–H groups in total. The highest BCUT2D eigenvalue weighted by Crippen LogP contribution is 2.41. The van der Waals surface area contributed by atoms with Gasteiger partial charge < -0.3 is 15.1 Å². The molecule has 0 saturated carbocycles. The second-order valence-electron chi connectivity index (χ2n) is 5.38. The van der Waals surface area contributed by atoms with Gasteiger partial charge in [0, 0.05) is 0 Å². The van der Waals surface area contributed by atoms with Crippen LogP contribution in [0.3, 0.4) is 0 Å². The maximum atomic E-state index is 7.17. The molecule has 3 aromatic rings. The Morgan fingerprint density at radius 1 is 0.609 bits per heavy atom. The highest BCUT2D eigenvalue weighted by Gasteiger charge is 2.20. The molecule has 3 nitrogen and oxygen atoms in total. The molecule has 0 heterocycles. The Balaban J connectivity index is 0.000000354. The fourth-order valence-electron chi connectivity index (χ4n) is 3.05. The summed E-state index contributed by atoms with van der Waals surface area (Å²) < 4.78 is 0. The van der Waals surface area contributed by atoms with Crippen molar-refractivity contribution < 1.29 is 15.1 Å². The predicted molar refractivity (Wildman–Crippen MR) is 92.5 cm³/mol. The second kappa shape index (κ2) is 6.79. The second-order valence-corrected chi connectivity index (χ2v) is 5.38. The molecule has 4 rings (SSSR count). The summed E-state index contributed by atoms with van der Waals surface area (Å²) in [5, 5.41) is 21.5.